The van der Waals surface area contributed by atoms with Gasteiger partial charge in [0.15, 0.2) is 0 Å². The first-order valence-corrected chi connectivity index (χ1v) is 8.87. The van der Waals surface area contributed by atoms with Crippen molar-refractivity contribution in [2.75, 3.05) is 13.2 Å². The molecule has 1 fully saturated rings. The maximum Gasteiger partial charge on any atom is 0.305 e. The average Bonchev–Trinajstić information content (AvgIpc) is 2.62. The second-order valence-corrected chi connectivity index (χ2v) is 6.98. The van der Waals surface area contributed by atoms with E-state index >= 15 is 0 Å². The molecule has 0 unspecified atom stereocenters. The molecule has 1 aliphatic heterocycles. The van der Waals surface area contributed by atoms with E-state index in [1.54, 1.807) is 6.07 Å². The largest absolute Gasteiger partial charge is 0.481 e. The van der Waals surface area contributed by atoms with Gasteiger partial charge in [0.2, 0.25) is 0 Å². The van der Waals surface area contributed by atoms with Crippen LogP contribution in [0.2, 0.25) is 0 Å². The van der Waals surface area contributed by atoms with Crippen LogP contribution in [0.1, 0.15) is 35.2 Å². The summed E-state index contributed by atoms with van der Waals surface area (Å²) in [6.07, 6.45) is 0.549. The van der Waals surface area contributed by atoms with Crippen LogP contribution in [-0.4, -0.2) is 35.7 Å². The zero-order chi connectivity index (χ0) is 19.4. The van der Waals surface area contributed by atoms with E-state index in [9.17, 15) is 19.1 Å². The van der Waals surface area contributed by atoms with Crippen molar-refractivity contribution in [1.82, 2.24) is 5.32 Å². The number of hydrogen-bond acceptors (Lipinski definition) is 3. The third-order valence-corrected chi connectivity index (χ3v) is 4.92. The molecule has 1 heterocycles. The van der Waals surface area contributed by atoms with Gasteiger partial charge in [0.05, 0.1) is 17.5 Å². The summed E-state index contributed by atoms with van der Waals surface area (Å²) in [7, 11) is 0. The SMILES string of the molecule is Cc1ccc(-c2ccc(C(=O)NC3(CC(=O)O)CCOCC3)c(F)c2)cc1. The fourth-order valence-corrected chi connectivity index (χ4v) is 3.33. The molecular formula is C21H22FNO4. The van der Waals surface area contributed by atoms with Crippen molar-refractivity contribution in [2.45, 2.75) is 31.7 Å². The molecule has 0 aliphatic carbocycles. The van der Waals surface area contributed by atoms with Gasteiger partial charge in [0, 0.05) is 13.2 Å². The van der Waals surface area contributed by atoms with Gasteiger partial charge in [-0.05, 0) is 43.0 Å². The Kier molecular flexibility index (Phi) is 5.56. The van der Waals surface area contributed by atoms with Gasteiger partial charge < -0.3 is 15.2 Å². The van der Waals surface area contributed by atoms with Crippen LogP contribution in [0.15, 0.2) is 42.5 Å². The number of ether oxygens (including phenoxy) is 1. The van der Waals surface area contributed by atoms with E-state index in [0.29, 0.717) is 31.6 Å². The summed E-state index contributed by atoms with van der Waals surface area (Å²) >= 11 is 0. The van der Waals surface area contributed by atoms with E-state index < -0.39 is 23.2 Å². The van der Waals surface area contributed by atoms with Crippen molar-refractivity contribution in [2.24, 2.45) is 0 Å². The number of rotatable bonds is 5. The lowest BCUT2D eigenvalue weighted by Crippen LogP contribution is -2.53. The van der Waals surface area contributed by atoms with E-state index in [-0.39, 0.29) is 12.0 Å². The minimum atomic E-state index is -1.01. The van der Waals surface area contributed by atoms with Crippen molar-refractivity contribution < 1.29 is 23.8 Å². The predicted octanol–water partition coefficient (Wildman–Crippen LogP) is 3.55. The highest BCUT2D eigenvalue weighted by molar-refractivity contribution is 5.95. The number of benzene rings is 2. The third kappa shape index (κ3) is 4.52. The van der Waals surface area contributed by atoms with Gasteiger partial charge >= 0.3 is 5.97 Å². The molecule has 6 heteroatoms. The molecule has 2 aromatic rings. The smallest absolute Gasteiger partial charge is 0.305 e. The minimum Gasteiger partial charge on any atom is -0.481 e. The molecule has 0 bridgehead atoms. The number of carbonyl (C=O) groups excluding carboxylic acids is 1. The van der Waals surface area contributed by atoms with Gasteiger partial charge in [-0.2, -0.15) is 0 Å². The van der Waals surface area contributed by atoms with Crippen molar-refractivity contribution in [3.8, 4) is 11.1 Å². The summed E-state index contributed by atoms with van der Waals surface area (Å²) in [5.74, 6) is -2.25. The number of hydrogen-bond donors (Lipinski definition) is 2. The second-order valence-electron chi connectivity index (χ2n) is 6.98. The first kappa shape index (κ1) is 19.0. The van der Waals surface area contributed by atoms with Crippen LogP contribution < -0.4 is 5.32 Å². The maximum absolute atomic E-state index is 14.6. The molecule has 5 nitrogen and oxygen atoms in total. The summed E-state index contributed by atoms with van der Waals surface area (Å²) < 4.78 is 19.9. The number of halogens is 1. The topological polar surface area (TPSA) is 75.6 Å². The summed E-state index contributed by atoms with van der Waals surface area (Å²) in [6.45, 7) is 2.70. The van der Waals surface area contributed by atoms with Gasteiger partial charge in [-0.1, -0.05) is 35.9 Å². The highest BCUT2D eigenvalue weighted by Gasteiger charge is 2.37. The Bertz CT molecular complexity index is 842. The van der Waals surface area contributed by atoms with Crippen LogP contribution in [0.4, 0.5) is 4.39 Å². The molecule has 27 heavy (non-hydrogen) atoms. The lowest BCUT2D eigenvalue weighted by molar-refractivity contribution is -0.139. The maximum atomic E-state index is 14.6. The first-order chi connectivity index (χ1) is 12.9. The normalized spacial score (nSPS) is 15.9. The van der Waals surface area contributed by atoms with Crippen LogP contribution in [0, 0.1) is 12.7 Å². The van der Waals surface area contributed by atoms with Crippen molar-refractivity contribution in [3.05, 3.63) is 59.4 Å². The standard InChI is InChI=1S/C21H22FNO4/c1-14-2-4-15(5-3-14)16-6-7-17(18(22)12-16)20(26)23-21(13-19(24)25)8-10-27-11-9-21/h2-7,12H,8-11,13H2,1H3,(H,23,26)(H,24,25). The monoisotopic (exact) mass is 371 g/mol. The number of nitrogens with one attached hydrogen (secondary N) is 1. The van der Waals surface area contributed by atoms with E-state index in [1.807, 2.05) is 31.2 Å². The zero-order valence-electron chi connectivity index (χ0n) is 15.1. The van der Waals surface area contributed by atoms with Crippen molar-refractivity contribution in [3.63, 3.8) is 0 Å². The van der Waals surface area contributed by atoms with E-state index in [0.717, 1.165) is 11.1 Å². The molecule has 2 N–H and O–H groups in total. The minimum absolute atomic E-state index is 0.0953. The summed E-state index contributed by atoms with van der Waals surface area (Å²) in [6, 6.07) is 12.1. The highest BCUT2D eigenvalue weighted by atomic mass is 19.1. The van der Waals surface area contributed by atoms with Gasteiger partial charge in [0.1, 0.15) is 5.82 Å². The fraction of sp³-hybridized carbons (Fsp3) is 0.333. The van der Waals surface area contributed by atoms with Gasteiger partial charge in [-0.15, -0.1) is 0 Å². The Morgan fingerprint density at radius 2 is 1.74 bits per heavy atom. The van der Waals surface area contributed by atoms with E-state index in [1.165, 1.54) is 12.1 Å². The third-order valence-electron chi connectivity index (χ3n) is 4.92. The molecule has 1 aliphatic rings. The number of carboxylic acid groups (broad SMARTS) is 1. The van der Waals surface area contributed by atoms with Crippen LogP contribution in [0.25, 0.3) is 11.1 Å². The number of amides is 1. The highest BCUT2D eigenvalue weighted by Crippen LogP contribution is 2.27. The number of carbonyl (C=O) groups is 2. The van der Waals surface area contributed by atoms with Crippen LogP contribution in [-0.2, 0) is 9.53 Å². The molecule has 0 saturated carbocycles. The Hall–Kier alpha value is -2.73. The van der Waals surface area contributed by atoms with Crippen LogP contribution >= 0.6 is 0 Å². The molecule has 1 saturated heterocycles. The van der Waals surface area contributed by atoms with E-state index in [2.05, 4.69) is 5.32 Å². The summed E-state index contributed by atoms with van der Waals surface area (Å²) in [5.41, 5.74) is 1.63. The molecule has 2 aromatic carbocycles. The number of aliphatic carboxylic acids is 1. The molecule has 0 aromatic heterocycles. The van der Waals surface area contributed by atoms with Crippen LogP contribution in [0.3, 0.4) is 0 Å². The molecule has 0 spiro atoms. The van der Waals surface area contributed by atoms with Gasteiger partial charge in [0.25, 0.3) is 5.91 Å². The molecule has 3 rings (SSSR count). The van der Waals surface area contributed by atoms with Gasteiger partial charge in [-0.3, -0.25) is 9.59 Å². The quantitative estimate of drug-likeness (QED) is 0.843. The molecule has 0 atom stereocenters. The Morgan fingerprint density at radius 1 is 1.11 bits per heavy atom. The lowest BCUT2D eigenvalue weighted by Gasteiger charge is -2.36. The van der Waals surface area contributed by atoms with Crippen molar-refractivity contribution >= 4 is 11.9 Å². The molecule has 1 amide bonds. The van der Waals surface area contributed by atoms with E-state index in [4.69, 9.17) is 4.74 Å². The lowest BCUT2D eigenvalue weighted by atomic mass is 9.86. The molecule has 142 valence electrons. The number of aryl methyl sites for hydroxylation is 1. The Balaban J connectivity index is 1.81. The Labute approximate surface area is 157 Å². The Morgan fingerprint density at radius 3 is 2.33 bits per heavy atom. The molecular weight excluding hydrogens is 349 g/mol. The zero-order valence-corrected chi connectivity index (χ0v) is 15.1. The molecule has 0 radical (unpaired) electrons. The van der Waals surface area contributed by atoms with Gasteiger partial charge in [-0.25, -0.2) is 4.39 Å². The fourth-order valence-electron chi connectivity index (χ4n) is 3.33. The summed E-state index contributed by atoms with van der Waals surface area (Å²) in [5, 5.41) is 11.9. The second kappa shape index (κ2) is 7.88. The summed E-state index contributed by atoms with van der Waals surface area (Å²) in [4.78, 5) is 23.8. The predicted molar refractivity (Wildman–Crippen MR) is 99.1 cm³/mol. The average molecular weight is 371 g/mol. The van der Waals surface area contributed by atoms with Crippen molar-refractivity contribution in [1.29, 1.82) is 0 Å². The first-order valence-electron chi connectivity index (χ1n) is 8.87. The van der Waals surface area contributed by atoms with Crippen LogP contribution in [0.5, 0.6) is 0 Å². The number of carboxylic acids is 1.